The molecular weight excluding hydrogens is 366 g/mol. The quantitative estimate of drug-likeness (QED) is 0.444. The molecule has 134 valence electrons. The summed E-state index contributed by atoms with van der Waals surface area (Å²) in [5.74, 6) is 0. The molecule has 0 amide bonds. The van der Waals surface area contributed by atoms with E-state index in [9.17, 15) is 0 Å². The summed E-state index contributed by atoms with van der Waals surface area (Å²) >= 11 is 4.02. The molecule has 2 heterocycles. The monoisotopic (exact) mass is 398 g/mol. The van der Waals surface area contributed by atoms with Gasteiger partial charge >= 0.3 is 0 Å². The molecule has 2 rings (SSSR count). The molecule has 0 saturated carbocycles. The van der Waals surface area contributed by atoms with Crippen molar-refractivity contribution >= 4 is 50.4 Å². The van der Waals surface area contributed by atoms with E-state index in [4.69, 9.17) is 0 Å². The molecule has 0 aliphatic heterocycles. The van der Waals surface area contributed by atoms with E-state index in [1.54, 1.807) is 31.5 Å². The summed E-state index contributed by atoms with van der Waals surface area (Å²) in [5, 5.41) is 3.31. The van der Waals surface area contributed by atoms with Gasteiger partial charge in [0.15, 0.2) is 0 Å². The first kappa shape index (κ1) is 20.6. The zero-order valence-corrected chi connectivity index (χ0v) is 20.0. The lowest BCUT2D eigenvalue weighted by molar-refractivity contribution is 0.903. The Morgan fingerprint density at radius 1 is 0.667 bits per heavy atom. The van der Waals surface area contributed by atoms with Gasteiger partial charge in [-0.05, 0) is 62.5 Å². The van der Waals surface area contributed by atoms with Crippen LogP contribution in [-0.2, 0) is 0 Å². The smallest absolute Gasteiger partial charge is 0.0103 e. The minimum Gasteiger partial charge on any atom is -0.145 e. The van der Waals surface area contributed by atoms with Gasteiger partial charge in [-0.3, -0.25) is 0 Å². The Balaban J connectivity index is 2.60. The van der Waals surface area contributed by atoms with Crippen molar-refractivity contribution in [2.75, 3.05) is 0 Å². The molecule has 0 saturated heterocycles. The second kappa shape index (κ2) is 8.77. The molecule has 0 spiro atoms. The van der Waals surface area contributed by atoms with Gasteiger partial charge in [0.25, 0.3) is 0 Å². The highest BCUT2D eigenvalue weighted by Crippen LogP contribution is 2.42. The van der Waals surface area contributed by atoms with Gasteiger partial charge in [-0.2, -0.15) is 0 Å². The van der Waals surface area contributed by atoms with Crippen LogP contribution >= 0.6 is 39.8 Å². The van der Waals surface area contributed by atoms with Gasteiger partial charge in [0, 0.05) is 30.6 Å². The Hall–Kier alpha value is 0.260. The summed E-state index contributed by atoms with van der Waals surface area (Å²) in [6.45, 7) is 18.8. The molecular formula is C20H32P2S2. The average Bonchev–Trinajstić information content (AvgIpc) is 2.95. The molecule has 0 aromatic carbocycles. The second-order valence-corrected chi connectivity index (χ2v) is 13.2. The van der Waals surface area contributed by atoms with Crippen molar-refractivity contribution in [2.24, 2.45) is 0 Å². The predicted molar refractivity (Wildman–Crippen MR) is 122 cm³/mol. The Bertz CT molecular complexity index is 637. The molecule has 0 N–H and O–H groups in total. The van der Waals surface area contributed by atoms with Crippen LogP contribution in [0.15, 0.2) is 0 Å². The molecule has 0 aliphatic carbocycles. The van der Waals surface area contributed by atoms with Crippen molar-refractivity contribution in [1.29, 1.82) is 0 Å². The summed E-state index contributed by atoms with van der Waals surface area (Å²) in [4.78, 5) is 6.13. The molecule has 0 nitrogen and oxygen atoms in total. The third kappa shape index (κ3) is 4.32. The molecule has 0 radical (unpaired) electrons. The van der Waals surface area contributed by atoms with Crippen LogP contribution in [0.2, 0.25) is 0 Å². The van der Waals surface area contributed by atoms with Gasteiger partial charge in [0.1, 0.15) is 0 Å². The Morgan fingerprint density at radius 3 is 1.29 bits per heavy atom. The highest BCUT2D eigenvalue weighted by Gasteiger charge is 2.23. The van der Waals surface area contributed by atoms with E-state index in [0.717, 1.165) is 28.5 Å². The topological polar surface area (TPSA) is 0 Å². The van der Waals surface area contributed by atoms with E-state index < -0.39 is 0 Å². The van der Waals surface area contributed by atoms with Crippen molar-refractivity contribution in [3.05, 3.63) is 19.5 Å². The van der Waals surface area contributed by atoms with Gasteiger partial charge in [-0.1, -0.05) is 44.9 Å². The van der Waals surface area contributed by atoms with Gasteiger partial charge in [-0.15, -0.1) is 22.7 Å². The summed E-state index contributed by atoms with van der Waals surface area (Å²) in [5.41, 5.74) is 4.78. The summed E-state index contributed by atoms with van der Waals surface area (Å²) < 4.78 is 0. The number of hydrogen-bond donors (Lipinski definition) is 0. The Morgan fingerprint density at radius 2 is 1.00 bits per heavy atom. The van der Waals surface area contributed by atoms with Crippen molar-refractivity contribution in [1.82, 2.24) is 0 Å². The maximum Gasteiger partial charge on any atom is 0.0103 e. The molecule has 0 bridgehead atoms. The minimum absolute atomic E-state index is 0.789. The molecule has 2 aromatic heterocycles. The van der Waals surface area contributed by atoms with Gasteiger partial charge < -0.3 is 0 Å². The largest absolute Gasteiger partial charge is 0.145 e. The van der Waals surface area contributed by atoms with Crippen LogP contribution in [0.4, 0.5) is 0 Å². The third-order valence-electron chi connectivity index (χ3n) is 4.78. The van der Waals surface area contributed by atoms with Crippen molar-refractivity contribution in [2.45, 2.75) is 79.5 Å². The average molecular weight is 399 g/mol. The number of rotatable bonds is 7. The van der Waals surface area contributed by atoms with Gasteiger partial charge in [0.2, 0.25) is 0 Å². The van der Waals surface area contributed by atoms with E-state index in [1.165, 1.54) is 22.6 Å². The van der Waals surface area contributed by atoms with E-state index in [1.807, 2.05) is 22.7 Å². The highest BCUT2D eigenvalue weighted by atomic mass is 32.1. The molecule has 24 heavy (non-hydrogen) atoms. The summed E-state index contributed by atoms with van der Waals surface area (Å²) in [6.07, 6.45) is 2.55. The fourth-order valence-corrected chi connectivity index (χ4v) is 8.51. The van der Waals surface area contributed by atoms with Crippen LogP contribution in [0.25, 0.3) is 11.1 Å². The van der Waals surface area contributed by atoms with Crippen LogP contribution in [-0.4, -0.2) is 11.3 Å². The van der Waals surface area contributed by atoms with Gasteiger partial charge in [0.05, 0.1) is 0 Å². The highest BCUT2D eigenvalue weighted by molar-refractivity contribution is 7.50. The molecule has 4 heteroatoms. The van der Waals surface area contributed by atoms with Crippen LogP contribution in [0.3, 0.4) is 0 Å². The van der Waals surface area contributed by atoms with E-state index in [2.05, 4.69) is 55.4 Å². The Kier molecular flexibility index (Phi) is 7.51. The van der Waals surface area contributed by atoms with E-state index >= 15 is 0 Å². The summed E-state index contributed by atoms with van der Waals surface area (Å²) in [7, 11) is 1.88. The lowest BCUT2D eigenvalue weighted by Gasteiger charge is -2.16. The van der Waals surface area contributed by atoms with Crippen LogP contribution in [0.5, 0.6) is 0 Å². The fourth-order valence-electron chi connectivity index (χ4n) is 3.01. The predicted octanol–water partition coefficient (Wildman–Crippen LogP) is 6.91. The standard InChI is InChI=1S/C20H32P2S2/c1-9-11(3)21-19-15(7)23-13(5)17(19)18-14(6)24-16(8)20(18)22-12(4)10-2/h11-12,21-22H,9-10H2,1-8H3. The van der Waals surface area contributed by atoms with Crippen LogP contribution in [0.1, 0.15) is 60.0 Å². The maximum atomic E-state index is 2.40. The lowest BCUT2D eigenvalue weighted by atomic mass is 10.1. The zero-order valence-electron chi connectivity index (χ0n) is 16.4. The minimum atomic E-state index is 0.789. The molecule has 2 aromatic rings. The molecule has 4 unspecified atom stereocenters. The first-order valence-electron chi connectivity index (χ1n) is 9.03. The second-order valence-electron chi connectivity index (χ2n) is 6.84. The number of aryl methyl sites for hydroxylation is 4. The first-order valence-corrected chi connectivity index (χ1v) is 12.8. The normalized spacial score (nSPS) is 15.2. The number of hydrogen-bond acceptors (Lipinski definition) is 2. The van der Waals surface area contributed by atoms with Crippen LogP contribution < -0.4 is 10.6 Å². The molecule has 4 atom stereocenters. The zero-order chi connectivity index (χ0) is 18.0. The third-order valence-corrected chi connectivity index (χ3v) is 10.8. The molecule has 0 aliphatic rings. The lowest BCUT2D eigenvalue weighted by Crippen LogP contribution is -2.11. The van der Waals surface area contributed by atoms with Crippen molar-refractivity contribution < 1.29 is 0 Å². The Labute approximate surface area is 160 Å². The van der Waals surface area contributed by atoms with Crippen LogP contribution in [0, 0.1) is 27.7 Å². The van der Waals surface area contributed by atoms with Crippen molar-refractivity contribution in [3.63, 3.8) is 0 Å². The first-order chi connectivity index (χ1) is 11.3. The number of thiophene rings is 2. The maximum absolute atomic E-state index is 2.40. The SMILES string of the molecule is CCC(C)Pc1c(C)sc(C)c1-c1c(C)sc(C)c1PC(C)CC. The van der Waals surface area contributed by atoms with Gasteiger partial charge in [-0.25, -0.2) is 0 Å². The summed E-state index contributed by atoms with van der Waals surface area (Å²) in [6, 6.07) is 0. The van der Waals surface area contributed by atoms with E-state index in [-0.39, 0.29) is 0 Å². The fraction of sp³-hybridized carbons (Fsp3) is 0.600. The molecule has 0 fully saturated rings. The van der Waals surface area contributed by atoms with Crippen molar-refractivity contribution in [3.8, 4) is 11.1 Å². The van der Waals surface area contributed by atoms with E-state index in [0.29, 0.717) is 0 Å².